The molecule has 0 aliphatic carbocycles. The number of hydrogen-bond acceptors (Lipinski definition) is 9. The smallest absolute Gasteiger partial charge is 0.232 e. The molecule has 2 aliphatic rings. The van der Waals surface area contributed by atoms with Gasteiger partial charge in [-0.05, 0) is 24.3 Å². The first-order valence-electron chi connectivity index (χ1n) is 9.92. The van der Waals surface area contributed by atoms with Crippen LogP contribution in [0.2, 0.25) is 0 Å². The maximum Gasteiger partial charge on any atom is 0.232 e. The van der Waals surface area contributed by atoms with Crippen molar-refractivity contribution < 1.29 is 14.2 Å². The van der Waals surface area contributed by atoms with Gasteiger partial charge in [-0.1, -0.05) is 0 Å². The molecule has 3 heterocycles. The minimum absolute atomic E-state index is 0.00421. The molecule has 2 saturated heterocycles. The van der Waals surface area contributed by atoms with Gasteiger partial charge in [0.15, 0.2) is 0 Å². The van der Waals surface area contributed by atoms with E-state index in [9.17, 15) is 4.39 Å². The highest BCUT2D eigenvalue weighted by atomic mass is 19.1. The SMILES string of the molecule is OCCNc1nc(N2CCOCC2)nc(N2CCN(c3ccc(F)cc3)CC2)n1. The van der Waals surface area contributed by atoms with Gasteiger partial charge in [0.05, 0.1) is 19.8 Å². The normalized spacial score (nSPS) is 17.5. The predicted molar refractivity (Wildman–Crippen MR) is 109 cm³/mol. The van der Waals surface area contributed by atoms with Gasteiger partial charge in [-0.3, -0.25) is 0 Å². The number of aliphatic hydroxyl groups is 1. The number of nitrogens with zero attached hydrogens (tertiary/aromatic N) is 6. The highest BCUT2D eigenvalue weighted by molar-refractivity contribution is 5.50. The number of morpholine rings is 1. The van der Waals surface area contributed by atoms with E-state index in [1.54, 1.807) is 12.1 Å². The Morgan fingerprint density at radius 2 is 1.45 bits per heavy atom. The Kier molecular flexibility index (Phi) is 6.20. The number of halogens is 1. The molecule has 0 saturated carbocycles. The van der Waals surface area contributed by atoms with Crippen LogP contribution in [0, 0.1) is 5.82 Å². The van der Waals surface area contributed by atoms with E-state index < -0.39 is 0 Å². The monoisotopic (exact) mass is 403 g/mol. The van der Waals surface area contributed by atoms with Gasteiger partial charge in [0, 0.05) is 51.5 Å². The molecule has 0 spiro atoms. The summed E-state index contributed by atoms with van der Waals surface area (Å²) in [5, 5.41) is 12.2. The van der Waals surface area contributed by atoms with Crippen molar-refractivity contribution >= 4 is 23.5 Å². The third kappa shape index (κ3) is 4.83. The van der Waals surface area contributed by atoms with Crippen molar-refractivity contribution in [2.45, 2.75) is 0 Å². The Labute approximate surface area is 169 Å². The molecule has 2 aliphatic heterocycles. The van der Waals surface area contributed by atoms with Gasteiger partial charge in [-0.15, -0.1) is 0 Å². The Morgan fingerprint density at radius 1 is 0.862 bits per heavy atom. The van der Waals surface area contributed by atoms with E-state index in [1.807, 2.05) is 0 Å². The molecule has 0 amide bonds. The molecule has 156 valence electrons. The molecule has 2 N–H and O–H groups in total. The maximum absolute atomic E-state index is 13.2. The van der Waals surface area contributed by atoms with Crippen LogP contribution >= 0.6 is 0 Å². The number of nitrogens with one attached hydrogen (secondary N) is 1. The third-order valence-corrected chi connectivity index (χ3v) is 5.05. The van der Waals surface area contributed by atoms with Crippen LogP contribution in [-0.4, -0.2) is 85.7 Å². The molecular formula is C19H26FN7O2. The predicted octanol–water partition coefficient (Wildman–Crippen LogP) is 0.578. The van der Waals surface area contributed by atoms with Gasteiger partial charge in [-0.2, -0.15) is 15.0 Å². The zero-order chi connectivity index (χ0) is 20.1. The van der Waals surface area contributed by atoms with Crippen molar-refractivity contribution in [3.63, 3.8) is 0 Å². The third-order valence-electron chi connectivity index (χ3n) is 5.05. The van der Waals surface area contributed by atoms with Gasteiger partial charge in [0.25, 0.3) is 0 Å². The first kappa shape index (κ1) is 19.6. The van der Waals surface area contributed by atoms with Crippen molar-refractivity contribution in [2.75, 3.05) is 85.7 Å². The second-order valence-corrected chi connectivity index (χ2v) is 6.96. The molecule has 2 fully saturated rings. The lowest BCUT2D eigenvalue weighted by molar-refractivity contribution is 0.122. The summed E-state index contributed by atoms with van der Waals surface area (Å²) in [6.45, 7) is 6.25. The minimum Gasteiger partial charge on any atom is -0.395 e. The quantitative estimate of drug-likeness (QED) is 0.719. The fourth-order valence-electron chi connectivity index (χ4n) is 3.46. The Hall–Kier alpha value is -2.72. The van der Waals surface area contributed by atoms with Crippen molar-refractivity contribution in [2.24, 2.45) is 0 Å². The summed E-state index contributed by atoms with van der Waals surface area (Å²) < 4.78 is 18.6. The van der Waals surface area contributed by atoms with Crippen LogP contribution in [0.4, 0.5) is 27.9 Å². The number of aliphatic hydroxyl groups excluding tert-OH is 1. The molecule has 29 heavy (non-hydrogen) atoms. The van der Waals surface area contributed by atoms with E-state index in [0.29, 0.717) is 37.6 Å². The van der Waals surface area contributed by atoms with Crippen molar-refractivity contribution in [3.05, 3.63) is 30.1 Å². The van der Waals surface area contributed by atoms with Crippen LogP contribution in [0.15, 0.2) is 24.3 Å². The Balaban J connectivity index is 1.48. The fourth-order valence-corrected chi connectivity index (χ4v) is 3.46. The molecule has 0 radical (unpaired) electrons. The van der Waals surface area contributed by atoms with Crippen LogP contribution < -0.4 is 20.0 Å². The topological polar surface area (TPSA) is 89.9 Å². The van der Waals surface area contributed by atoms with Crippen molar-refractivity contribution in [1.29, 1.82) is 0 Å². The molecule has 4 rings (SSSR count). The zero-order valence-corrected chi connectivity index (χ0v) is 16.3. The lowest BCUT2D eigenvalue weighted by Gasteiger charge is -2.36. The maximum atomic E-state index is 13.2. The fraction of sp³-hybridized carbons (Fsp3) is 0.526. The van der Waals surface area contributed by atoms with E-state index in [4.69, 9.17) is 14.8 Å². The van der Waals surface area contributed by atoms with Gasteiger partial charge in [0.1, 0.15) is 5.82 Å². The van der Waals surface area contributed by atoms with Crippen LogP contribution in [0.5, 0.6) is 0 Å². The number of benzene rings is 1. The lowest BCUT2D eigenvalue weighted by atomic mass is 10.2. The number of ether oxygens (including phenoxy) is 1. The van der Waals surface area contributed by atoms with E-state index in [1.165, 1.54) is 12.1 Å². The van der Waals surface area contributed by atoms with E-state index in [0.717, 1.165) is 45.0 Å². The van der Waals surface area contributed by atoms with Gasteiger partial charge in [-0.25, -0.2) is 4.39 Å². The first-order chi connectivity index (χ1) is 14.2. The van der Waals surface area contributed by atoms with Gasteiger partial charge >= 0.3 is 0 Å². The molecule has 1 aromatic carbocycles. The number of anilines is 4. The van der Waals surface area contributed by atoms with Crippen LogP contribution in [0.3, 0.4) is 0 Å². The zero-order valence-electron chi connectivity index (χ0n) is 16.3. The summed E-state index contributed by atoms with van der Waals surface area (Å²) in [6, 6.07) is 6.59. The van der Waals surface area contributed by atoms with E-state index >= 15 is 0 Å². The number of aromatic nitrogens is 3. The molecular weight excluding hydrogens is 377 g/mol. The number of hydrogen-bond donors (Lipinski definition) is 2. The summed E-state index contributed by atoms with van der Waals surface area (Å²) >= 11 is 0. The molecule has 1 aromatic heterocycles. The van der Waals surface area contributed by atoms with Gasteiger partial charge < -0.3 is 29.9 Å². The lowest BCUT2D eigenvalue weighted by Crippen LogP contribution is -2.47. The molecule has 2 aromatic rings. The van der Waals surface area contributed by atoms with E-state index in [-0.39, 0.29) is 12.4 Å². The number of piperazine rings is 1. The molecule has 0 unspecified atom stereocenters. The van der Waals surface area contributed by atoms with Crippen LogP contribution in [0.1, 0.15) is 0 Å². The summed E-state index contributed by atoms with van der Waals surface area (Å²) in [5.41, 5.74) is 1.01. The van der Waals surface area contributed by atoms with Crippen LogP contribution in [0.25, 0.3) is 0 Å². The summed E-state index contributed by atoms with van der Waals surface area (Å²) in [5.74, 6) is 1.49. The average molecular weight is 403 g/mol. The largest absolute Gasteiger partial charge is 0.395 e. The van der Waals surface area contributed by atoms with E-state index in [2.05, 4.69) is 30.0 Å². The summed E-state index contributed by atoms with van der Waals surface area (Å²) in [6.07, 6.45) is 0. The Morgan fingerprint density at radius 3 is 2.07 bits per heavy atom. The van der Waals surface area contributed by atoms with Crippen LogP contribution in [-0.2, 0) is 4.74 Å². The first-order valence-corrected chi connectivity index (χ1v) is 9.92. The molecule has 0 bridgehead atoms. The number of rotatable bonds is 6. The van der Waals surface area contributed by atoms with Crippen molar-refractivity contribution in [3.8, 4) is 0 Å². The summed E-state index contributed by atoms with van der Waals surface area (Å²) in [4.78, 5) is 20.2. The summed E-state index contributed by atoms with van der Waals surface area (Å²) in [7, 11) is 0. The Bertz CT molecular complexity index is 794. The molecule has 9 nitrogen and oxygen atoms in total. The second kappa shape index (κ2) is 9.19. The molecule has 10 heteroatoms. The van der Waals surface area contributed by atoms with Crippen molar-refractivity contribution in [1.82, 2.24) is 15.0 Å². The molecule has 0 atom stereocenters. The highest BCUT2D eigenvalue weighted by Crippen LogP contribution is 2.21. The second-order valence-electron chi connectivity index (χ2n) is 6.96. The van der Waals surface area contributed by atoms with Gasteiger partial charge in [0.2, 0.25) is 17.8 Å². The minimum atomic E-state index is -0.226. The average Bonchev–Trinajstić information content (AvgIpc) is 2.79. The standard InChI is InChI=1S/C19H26FN7O2/c20-15-1-3-16(4-2-15)25-6-8-26(9-7-25)18-22-17(21-5-12-28)23-19(24-18)27-10-13-29-14-11-27/h1-4,28H,5-14H2,(H,21,22,23,24). The highest BCUT2D eigenvalue weighted by Gasteiger charge is 2.23.